The first-order valence-corrected chi connectivity index (χ1v) is 10.8. The van der Waals surface area contributed by atoms with E-state index in [0.717, 1.165) is 41.2 Å². The molecule has 1 aliphatic rings. The Morgan fingerprint density at radius 2 is 1.91 bits per heavy atom. The fraction of sp³-hybridized carbons (Fsp3) is 0.320. The summed E-state index contributed by atoms with van der Waals surface area (Å²) in [4.78, 5) is 5.88. The second-order valence-corrected chi connectivity index (χ2v) is 7.87. The molecule has 2 heterocycles. The number of hydrogen-bond acceptors (Lipinski definition) is 5. The minimum Gasteiger partial charge on any atom is -0.472 e. The molecule has 0 spiro atoms. The molecule has 5 nitrogen and oxygen atoms in total. The van der Waals surface area contributed by atoms with Crippen LogP contribution in [0.5, 0.6) is 17.4 Å². The van der Waals surface area contributed by atoms with Gasteiger partial charge in [-0.1, -0.05) is 31.2 Å². The third-order valence-electron chi connectivity index (χ3n) is 5.65. The van der Waals surface area contributed by atoms with Gasteiger partial charge >= 0.3 is 6.18 Å². The first-order valence-electron chi connectivity index (χ1n) is 10.8. The summed E-state index contributed by atoms with van der Waals surface area (Å²) in [5.41, 5.74) is 1.90. The zero-order valence-electron chi connectivity index (χ0n) is 18.2. The van der Waals surface area contributed by atoms with E-state index in [1.54, 1.807) is 0 Å². The number of aliphatic hydroxyl groups is 1. The number of halogens is 3. The fourth-order valence-electron chi connectivity index (χ4n) is 3.89. The molecular formula is C25H25F3N2O3. The summed E-state index contributed by atoms with van der Waals surface area (Å²) in [5.74, 6) is 1.61. The van der Waals surface area contributed by atoms with E-state index in [0.29, 0.717) is 25.3 Å². The predicted molar refractivity (Wildman–Crippen MR) is 119 cm³/mol. The number of rotatable bonds is 7. The first-order chi connectivity index (χ1) is 15.9. The van der Waals surface area contributed by atoms with Crippen LogP contribution in [0, 0.1) is 0 Å². The number of pyridine rings is 1. The third-order valence-corrected chi connectivity index (χ3v) is 5.65. The van der Waals surface area contributed by atoms with Crippen LogP contribution in [0.15, 0.2) is 60.8 Å². The van der Waals surface area contributed by atoms with Crippen LogP contribution in [-0.4, -0.2) is 29.3 Å². The quantitative estimate of drug-likeness (QED) is 0.499. The molecule has 1 fully saturated rings. The van der Waals surface area contributed by atoms with Crippen molar-refractivity contribution < 1.29 is 27.8 Å². The summed E-state index contributed by atoms with van der Waals surface area (Å²) in [6.45, 7) is 3.14. The van der Waals surface area contributed by atoms with Crippen molar-refractivity contribution in [2.24, 2.45) is 0 Å². The summed E-state index contributed by atoms with van der Waals surface area (Å²) in [5, 5.41) is 9.83. The van der Waals surface area contributed by atoms with Crippen molar-refractivity contribution in [2.75, 3.05) is 18.0 Å². The molecule has 3 aromatic rings. The van der Waals surface area contributed by atoms with Crippen molar-refractivity contribution in [2.45, 2.75) is 38.7 Å². The number of hydrogen-bond donors (Lipinski definition) is 1. The minimum absolute atomic E-state index is 0.121. The lowest BCUT2D eigenvalue weighted by Gasteiger charge is -2.23. The molecule has 2 aromatic carbocycles. The SMILES string of the molecule is CCc1ccccc1Oc1ccc(CO)c(N2CC[C@H](Oc3ccc(C(F)(F)F)cn3)C2)c1. The molecule has 0 unspecified atom stereocenters. The van der Waals surface area contributed by atoms with Gasteiger partial charge in [0.2, 0.25) is 5.88 Å². The molecule has 33 heavy (non-hydrogen) atoms. The lowest BCUT2D eigenvalue weighted by Crippen LogP contribution is -2.25. The normalized spacial score (nSPS) is 16.2. The van der Waals surface area contributed by atoms with Crippen LogP contribution in [0.2, 0.25) is 0 Å². The Labute approximate surface area is 190 Å². The zero-order valence-corrected chi connectivity index (χ0v) is 18.2. The molecule has 0 radical (unpaired) electrons. The number of para-hydroxylation sites is 1. The second-order valence-electron chi connectivity index (χ2n) is 7.87. The van der Waals surface area contributed by atoms with Crippen LogP contribution < -0.4 is 14.4 Å². The molecular weight excluding hydrogens is 433 g/mol. The second kappa shape index (κ2) is 9.70. The third kappa shape index (κ3) is 5.39. The van der Waals surface area contributed by atoms with Crippen molar-refractivity contribution >= 4 is 5.69 Å². The van der Waals surface area contributed by atoms with Crippen molar-refractivity contribution in [1.29, 1.82) is 0 Å². The van der Waals surface area contributed by atoms with Crippen molar-refractivity contribution in [3.8, 4) is 17.4 Å². The number of alkyl halides is 3. The van der Waals surface area contributed by atoms with E-state index >= 15 is 0 Å². The molecule has 4 rings (SSSR count). The number of nitrogens with zero attached hydrogens (tertiary/aromatic N) is 2. The molecule has 1 aromatic heterocycles. The van der Waals surface area contributed by atoms with Gasteiger partial charge in [-0.3, -0.25) is 0 Å². The van der Waals surface area contributed by atoms with E-state index in [2.05, 4.69) is 16.8 Å². The Bertz CT molecular complexity index is 1090. The molecule has 1 atom stereocenters. The van der Waals surface area contributed by atoms with Gasteiger partial charge in [0.1, 0.15) is 17.6 Å². The molecule has 174 valence electrons. The van der Waals surface area contributed by atoms with Crippen LogP contribution in [-0.2, 0) is 19.2 Å². The van der Waals surface area contributed by atoms with Gasteiger partial charge in [-0.15, -0.1) is 0 Å². The molecule has 1 aliphatic heterocycles. The number of aryl methyl sites for hydroxylation is 1. The van der Waals surface area contributed by atoms with E-state index in [-0.39, 0.29) is 18.6 Å². The van der Waals surface area contributed by atoms with Gasteiger partial charge in [0.25, 0.3) is 0 Å². The van der Waals surface area contributed by atoms with E-state index < -0.39 is 11.7 Å². The smallest absolute Gasteiger partial charge is 0.417 e. The highest BCUT2D eigenvalue weighted by Gasteiger charge is 2.31. The Hall–Kier alpha value is -3.26. The molecule has 0 amide bonds. The van der Waals surface area contributed by atoms with E-state index in [4.69, 9.17) is 9.47 Å². The number of aromatic nitrogens is 1. The maximum absolute atomic E-state index is 12.7. The van der Waals surface area contributed by atoms with Gasteiger partial charge in [0.05, 0.1) is 18.7 Å². The standard InChI is InChI=1S/C25H25F3N2O3/c1-2-17-5-3-4-6-23(17)32-20-9-7-18(16-31)22(13-20)30-12-11-21(15-30)33-24-10-8-19(14-29-24)25(26,27)28/h3-10,13-14,21,31H,2,11-12,15-16H2,1H3/t21-/m0/s1. The van der Waals surface area contributed by atoms with Gasteiger partial charge in [0, 0.05) is 42.5 Å². The van der Waals surface area contributed by atoms with Gasteiger partial charge < -0.3 is 19.5 Å². The van der Waals surface area contributed by atoms with Gasteiger partial charge in [0.15, 0.2) is 0 Å². The highest BCUT2D eigenvalue weighted by Crippen LogP contribution is 2.34. The van der Waals surface area contributed by atoms with Crippen molar-refractivity contribution in [1.82, 2.24) is 4.98 Å². The number of aliphatic hydroxyl groups excluding tert-OH is 1. The molecule has 8 heteroatoms. The summed E-state index contributed by atoms with van der Waals surface area (Å²) in [6.07, 6.45) is -2.36. The maximum atomic E-state index is 12.7. The highest BCUT2D eigenvalue weighted by molar-refractivity contribution is 5.58. The van der Waals surface area contributed by atoms with Crippen LogP contribution in [0.1, 0.15) is 30.0 Å². The number of anilines is 1. The largest absolute Gasteiger partial charge is 0.472 e. The molecule has 0 aliphatic carbocycles. The Morgan fingerprint density at radius 1 is 1.09 bits per heavy atom. The van der Waals surface area contributed by atoms with E-state index in [1.165, 1.54) is 6.07 Å². The number of ether oxygens (including phenoxy) is 2. The number of benzene rings is 2. The monoisotopic (exact) mass is 458 g/mol. The average molecular weight is 458 g/mol. The summed E-state index contributed by atoms with van der Waals surface area (Å²) >= 11 is 0. The van der Waals surface area contributed by atoms with Crippen LogP contribution in [0.3, 0.4) is 0 Å². The first kappa shape index (κ1) is 22.9. The van der Waals surface area contributed by atoms with Crippen molar-refractivity contribution in [3.05, 3.63) is 77.5 Å². The van der Waals surface area contributed by atoms with E-state index in [1.807, 2.05) is 42.5 Å². The summed E-state index contributed by atoms with van der Waals surface area (Å²) in [6, 6.07) is 15.6. The summed E-state index contributed by atoms with van der Waals surface area (Å²) in [7, 11) is 0. The lowest BCUT2D eigenvalue weighted by atomic mass is 10.1. The Morgan fingerprint density at radius 3 is 2.61 bits per heavy atom. The van der Waals surface area contributed by atoms with Gasteiger partial charge in [-0.05, 0) is 30.2 Å². The highest BCUT2D eigenvalue weighted by atomic mass is 19.4. The topological polar surface area (TPSA) is 54.8 Å². The molecule has 1 N–H and O–H groups in total. The average Bonchev–Trinajstić information content (AvgIpc) is 3.27. The van der Waals surface area contributed by atoms with Crippen LogP contribution in [0.4, 0.5) is 18.9 Å². The molecule has 0 bridgehead atoms. The molecule has 0 saturated carbocycles. The molecule has 1 saturated heterocycles. The van der Waals surface area contributed by atoms with Crippen LogP contribution in [0.25, 0.3) is 0 Å². The van der Waals surface area contributed by atoms with Gasteiger partial charge in [-0.25, -0.2) is 4.98 Å². The zero-order chi connectivity index (χ0) is 23.4. The van der Waals surface area contributed by atoms with Gasteiger partial charge in [-0.2, -0.15) is 13.2 Å². The van der Waals surface area contributed by atoms with Crippen molar-refractivity contribution in [3.63, 3.8) is 0 Å². The lowest BCUT2D eigenvalue weighted by molar-refractivity contribution is -0.137. The maximum Gasteiger partial charge on any atom is 0.417 e. The fourth-order valence-corrected chi connectivity index (χ4v) is 3.89. The van der Waals surface area contributed by atoms with E-state index in [9.17, 15) is 18.3 Å². The predicted octanol–water partition coefficient (Wildman–Crippen LogP) is 5.61. The Kier molecular flexibility index (Phi) is 6.74. The summed E-state index contributed by atoms with van der Waals surface area (Å²) < 4.78 is 50.1. The van der Waals surface area contributed by atoms with Crippen LogP contribution >= 0.6 is 0 Å². The minimum atomic E-state index is -4.43. The Balaban J connectivity index is 1.47.